The number of imide groups is 2. The van der Waals surface area contributed by atoms with Crippen molar-refractivity contribution >= 4 is 72.6 Å². The number of carbonyl (C=O) groups excluding carboxylic acids is 4. The molecule has 0 radical (unpaired) electrons. The molecule has 1 N–H and O–H groups in total. The van der Waals surface area contributed by atoms with Crippen LogP contribution in [0.3, 0.4) is 0 Å². The summed E-state index contributed by atoms with van der Waals surface area (Å²) < 4.78 is 11.9. The number of morpholine rings is 1. The summed E-state index contributed by atoms with van der Waals surface area (Å²) in [5, 5.41) is 10.8. The van der Waals surface area contributed by atoms with Gasteiger partial charge in [0.2, 0.25) is 23.6 Å². The molecule has 3 saturated heterocycles. The first-order chi connectivity index (χ1) is 24.1. The van der Waals surface area contributed by atoms with Crippen molar-refractivity contribution in [1.29, 1.82) is 0 Å². The molecule has 6 atom stereocenters. The number of hydrogen-bond donors (Lipinski definition) is 1. The van der Waals surface area contributed by atoms with Gasteiger partial charge in [-0.2, -0.15) is 0 Å². The number of hydrogen-bond acceptors (Lipinski definition) is 8. The second-order valence-electron chi connectivity index (χ2n) is 13.8. The molecule has 10 nitrogen and oxygen atoms in total. The molecule has 3 aromatic carbocycles. The third kappa shape index (κ3) is 4.74. The van der Waals surface area contributed by atoms with E-state index >= 15 is 0 Å². The van der Waals surface area contributed by atoms with Gasteiger partial charge >= 0.3 is 0 Å². The van der Waals surface area contributed by atoms with Crippen molar-refractivity contribution in [2.75, 3.05) is 48.1 Å². The molecule has 3 aromatic rings. The number of allylic oxidation sites excluding steroid dienone is 2. The minimum Gasteiger partial charge on any atom is -0.503 e. The normalized spacial score (nSPS) is 29.2. The zero-order valence-electron chi connectivity index (χ0n) is 27.5. The van der Waals surface area contributed by atoms with Gasteiger partial charge in [0.25, 0.3) is 0 Å². The molecular formula is C38H35Br2N3O7. The zero-order chi connectivity index (χ0) is 35.1. The van der Waals surface area contributed by atoms with Gasteiger partial charge in [0, 0.05) is 29.2 Å². The van der Waals surface area contributed by atoms with Crippen molar-refractivity contribution in [3.63, 3.8) is 0 Å². The van der Waals surface area contributed by atoms with Crippen LogP contribution in [-0.4, -0.2) is 62.1 Å². The van der Waals surface area contributed by atoms with E-state index in [9.17, 15) is 24.3 Å². The van der Waals surface area contributed by atoms with Gasteiger partial charge in [-0.1, -0.05) is 29.8 Å². The minimum absolute atomic E-state index is 0.110. The van der Waals surface area contributed by atoms with Crippen LogP contribution in [-0.2, 0) is 23.9 Å². The van der Waals surface area contributed by atoms with Crippen LogP contribution in [0.1, 0.15) is 31.2 Å². The molecule has 0 spiro atoms. The third-order valence-electron chi connectivity index (χ3n) is 11.5. The Morgan fingerprint density at radius 1 is 0.840 bits per heavy atom. The van der Waals surface area contributed by atoms with Crippen molar-refractivity contribution in [3.05, 3.63) is 86.8 Å². The molecule has 12 heteroatoms. The van der Waals surface area contributed by atoms with E-state index in [4.69, 9.17) is 9.47 Å². The molecule has 2 aliphatic carbocycles. The van der Waals surface area contributed by atoms with Crippen molar-refractivity contribution in [2.45, 2.75) is 25.7 Å². The average molecular weight is 806 g/mol. The number of phenols is 1. The molecule has 3 aliphatic heterocycles. The fourth-order valence-electron chi connectivity index (χ4n) is 9.05. The number of halogens is 2. The number of anilines is 3. The Labute approximate surface area is 306 Å². The molecule has 4 fully saturated rings. The number of carbonyl (C=O) groups is 4. The summed E-state index contributed by atoms with van der Waals surface area (Å²) in [6.07, 6.45) is 2.57. The van der Waals surface area contributed by atoms with Crippen LogP contribution >= 0.6 is 31.9 Å². The lowest BCUT2D eigenvalue weighted by Crippen LogP contribution is -2.49. The number of para-hydroxylation sites is 1. The number of methoxy groups -OCH3 is 1. The number of phenolic OH excluding ortho intramolecular Hbond substituents is 1. The first-order valence-corrected chi connectivity index (χ1v) is 18.3. The van der Waals surface area contributed by atoms with Crippen LogP contribution in [0.15, 0.2) is 81.3 Å². The second kappa shape index (κ2) is 12.3. The highest BCUT2D eigenvalue weighted by Crippen LogP contribution is 2.65. The smallest absolute Gasteiger partial charge is 0.241 e. The van der Waals surface area contributed by atoms with Gasteiger partial charge in [0.05, 0.1) is 59.3 Å². The Bertz CT molecular complexity index is 1960. The van der Waals surface area contributed by atoms with E-state index in [0.29, 0.717) is 45.5 Å². The number of aromatic hydroxyl groups is 1. The summed E-state index contributed by atoms with van der Waals surface area (Å²) in [4.78, 5) is 62.6. The van der Waals surface area contributed by atoms with E-state index < -0.39 is 35.0 Å². The number of fused-ring (bicyclic) bond motifs is 4. The minimum atomic E-state index is -1.24. The number of amides is 4. The molecule has 5 aliphatic rings. The standard InChI is InChI=1S/C38H35Br2N3O7/c1-38-27(35(46)43(37(38)48)21-6-4-3-5-7-21)18-25-23(30(38)26-19-28(49-2)33(44)32(40)31(26)39)12-13-24-29(25)36(47)42(34(24)45)22-10-8-20(9-11-22)41-14-16-50-17-15-41/h3-12,19,24-25,27,29-30,44H,13-18H2,1-2H3. The monoisotopic (exact) mass is 803 g/mol. The van der Waals surface area contributed by atoms with E-state index in [0.717, 1.165) is 24.4 Å². The van der Waals surface area contributed by atoms with Gasteiger partial charge in [0.1, 0.15) is 0 Å². The highest BCUT2D eigenvalue weighted by atomic mass is 79.9. The molecule has 0 aromatic heterocycles. The van der Waals surface area contributed by atoms with E-state index in [-0.39, 0.29) is 41.5 Å². The van der Waals surface area contributed by atoms with Crippen molar-refractivity contribution < 1.29 is 33.8 Å². The number of nitrogens with zero attached hydrogens (tertiary/aromatic N) is 3. The van der Waals surface area contributed by atoms with Crippen LogP contribution in [0.25, 0.3) is 0 Å². The van der Waals surface area contributed by atoms with E-state index in [1.807, 2.05) is 43.3 Å². The Morgan fingerprint density at radius 3 is 2.18 bits per heavy atom. The van der Waals surface area contributed by atoms with E-state index in [1.54, 1.807) is 30.3 Å². The van der Waals surface area contributed by atoms with Gasteiger partial charge in [-0.15, -0.1) is 0 Å². The van der Waals surface area contributed by atoms with Gasteiger partial charge in [-0.25, -0.2) is 4.90 Å². The lowest BCUT2D eigenvalue weighted by atomic mass is 9.51. The van der Waals surface area contributed by atoms with Gasteiger partial charge in [-0.3, -0.25) is 24.1 Å². The molecule has 258 valence electrons. The molecular weight excluding hydrogens is 770 g/mol. The summed E-state index contributed by atoms with van der Waals surface area (Å²) >= 11 is 7.17. The maximum absolute atomic E-state index is 14.7. The molecule has 0 bridgehead atoms. The lowest BCUT2D eigenvalue weighted by molar-refractivity contribution is -0.131. The second-order valence-corrected chi connectivity index (χ2v) is 15.4. The maximum atomic E-state index is 14.7. The van der Waals surface area contributed by atoms with Crippen LogP contribution in [0.4, 0.5) is 17.1 Å². The summed E-state index contributed by atoms with van der Waals surface area (Å²) in [6, 6.07) is 18.1. The summed E-state index contributed by atoms with van der Waals surface area (Å²) in [5.74, 6) is -4.37. The highest BCUT2D eigenvalue weighted by molar-refractivity contribution is 9.13. The predicted molar refractivity (Wildman–Crippen MR) is 193 cm³/mol. The molecule has 4 amide bonds. The third-order valence-corrected chi connectivity index (χ3v) is 13.6. The van der Waals surface area contributed by atoms with E-state index in [1.165, 1.54) is 16.9 Å². The largest absolute Gasteiger partial charge is 0.503 e. The highest BCUT2D eigenvalue weighted by Gasteiger charge is 2.68. The topological polar surface area (TPSA) is 117 Å². The predicted octanol–water partition coefficient (Wildman–Crippen LogP) is 6.20. The molecule has 3 heterocycles. The van der Waals surface area contributed by atoms with Crippen LogP contribution < -0.4 is 19.4 Å². The van der Waals surface area contributed by atoms with Crippen molar-refractivity contribution in [3.8, 4) is 11.5 Å². The molecule has 8 rings (SSSR count). The fraction of sp³-hybridized carbons (Fsp3) is 0.368. The fourth-order valence-corrected chi connectivity index (χ4v) is 10.0. The first-order valence-electron chi connectivity index (χ1n) is 16.8. The van der Waals surface area contributed by atoms with Gasteiger partial charge < -0.3 is 19.5 Å². The first kappa shape index (κ1) is 33.2. The quantitative estimate of drug-likeness (QED) is 0.240. The van der Waals surface area contributed by atoms with E-state index in [2.05, 4.69) is 36.8 Å². The number of rotatable bonds is 5. The Hall–Kier alpha value is -4.00. The maximum Gasteiger partial charge on any atom is 0.241 e. The summed E-state index contributed by atoms with van der Waals surface area (Å²) in [5.41, 5.74) is 2.23. The SMILES string of the molecule is COc1cc(C2C3=CCC4C(=O)N(c5ccc(N6CCOCC6)cc5)C(=O)C4C3CC3C(=O)N(c4ccccc4)C(=O)C32C)c(Br)c(Br)c1O. The summed E-state index contributed by atoms with van der Waals surface area (Å²) in [7, 11) is 1.45. The average Bonchev–Trinajstić information content (AvgIpc) is 3.51. The lowest BCUT2D eigenvalue weighted by Gasteiger charge is -2.49. The Morgan fingerprint density at radius 2 is 1.50 bits per heavy atom. The van der Waals surface area contributed by atoms with Gasteiger partial charge in [0.15, 0.2) is 11.5 Å². The van der Waals surface area contributed by atoms with Crippen molar-refractivity contribution in [1.82, 2.24) is 0 Å². The number of ether oxygens (including phenoxy) is 2. The Balaban J connectivity index is 1.22. The number of benzene rings is 3. The Kier molecular flexibility index (Phi) is 8.19. The van der Waals surface area contributed by atoms with Crippen LogP contribution in [0.2, 0.25) is 0 Å². The zero-order valence-corrected chi connectivity index (χ0v) is 30.6. The summed E-state index contributed by atoms with van der Waals surface area (Å²) in [6.45, 7) is 4.66. The van der Waals surface area contributed by atoms with Crippen LogP contribution in [0.5, 0.6) is 11.5 Å². The van der Waals surface area contributed by atoms with Gasteiger partial charge in [-0.05, 0) is 106 Å². The van der Waals surface area contributed by atoms with Crippen molar-refractivity contribution in [2.24, 2.45) is 29.1 Å². The molecule has 1 saturated carbocycles. The molecule has 6 unspecified atom stereocenters. The molecule has 50 heavy (non-hydrogen) atoms. The van der Waals surface area contributed by atoms with Crippen LogP contribution in [0, 0.1) is 29.1 Å².